The van der Waals surface area contributed by atoms with Gasteiger partial charge in [-0.1, -0.05) is 6.07 Å². The number of nitriles is 1. The molecule has 2 aliphatic rings. The van der Waals surface area contributed by atoms with E-state index in [1.807, 2.05) is 44.2 Å². The van der Waals surface area contributed by atoms with Gasteiger partial charge >= 0.3 is 0 Å². The lowest BCUT2D eigenvalue weighted by Gasteiger charge is -2.59. The number of aromatic nitrogens is 2. The second-order valence-electron chi connectivity index (χ2n) is 11.4. The van der Waals surface area contributed by atoms with Crippen molar-refractivity contribution in [2.45, 2.75) is 46.6 Å². The lowest BCUT2D eigenvalue weighted by atomic mass is 9.61. The third-order valence-corrected chi connectivity index (χ3v) is 8.04. The third-order valence-electron chi connectivity index (χ3n) is 8.04. The van der Waals surface area contributed by atoms with E-state index in [1.165, 1.54) is 0 Å². The molecular weight excluding hydrogens is 542 g/mol. The number of hydrogen-bond donors (Lipinski definition) is 3. The molecule has 1 aliphatic heterocycles. The highest BCUT2D eigenvalue weighted by molar-refractivity contribution is 5.99. The maximum Gasteiger partial charge on any atom is 0.274 e. The van der Waals surface area contributed by atoms with Crippen molar-refractivity contribution in [1.29, 1.82) is 10.7 Å². The minimum atomic E-state index is -0.425. The van der Waals surface area contributed by atoms with Gasteiger partial charge in [-0.25, -0.2) is 9.97 Å². The quantitative estimate of drug-likeness (QED) is 0.291. The number of carbonyl (C=O) groups excluding carboxylic acids is 1. The van der Waals surface area contributed by atoms with Crippen molar-refractivity contribution in [3.8, 4) is 29.0 Å². The number of carbonyl (C=O) groups is 1. The highest BCUT2D eigenvalue weighted by Gasteiger charge is 2.54. The Morgan fingerprint density at radius 3 is 2.67 bits per heavy atom. The monoisotopic (exact) mass is 579 g/mol. The Labute approximate surface area is 252 Å². The van der Waals surface area contributed by atoms with E-state index in [0.29, 0.717) is 46.3 Å². The molecular formula is C33H37N7O3. The zero-order valence-electron chi connectivity index (χ0n) is 25.0. The predicted octanol–water partition coefficient (Wildman–Crippen LogP) is 4.77. The van der Waals surface area contributed by atoms with Gasteiger partial charge in [0.2, 0.25) is 5.88 Å². The average molecular weight is 580 g/mol. The second kappa shape index (κ2) is 12.1. The Morgan fingerprint density at radius 2 is 2.00 bits per heavy atom. The molecule has 2 fully saturated rings. The van der Waals surface area contributed by atoms with Crippen molar-refractivity contribution in [1.82, 2.24) is 15.3 Å². The van der Waals surface area contributed by atoms with Crippen LogP contribution in [0.4, 0.5) is 5.69 Å². The Morgan fingerprint density at radius 1 is 1.23 bits per heavy atom. The minimum absolute atomic E-state index is 0.0576. The van der Waals surface area contributed by atoms with Gasteiger partial charge in [0.05, 0.1) is 29.1 Å². The van der Waals surface area contributed by atoms with E-state index in [2.05, 4.69) is 21.3 Å². The van der Waals surface area contributed by atoms with Crippen molar-refractivity contribution in [3.63, 3.8) is 0 Å². The molecule has 1 saturated heterocycles. The van der Waals surface area contributed by atoms with Crippen molar-refractivity contribution in [2.24, 2.45) is 11.1 Å². The van der Waals surface area contributed by atoms with Gasteiger partial charge in [-0.05, 0) is 82.5 Å². The molecule has 222 valence electrons. The molecule has 0 atom stereocenters. The molecule has 1 amide bonds. The molecule has 1 aliphatic carbocycles. The zero-order chi connectivity index (χ0) is 30.7. The maximum atomic E-state index is 13.5. The Bertz CT molecular complexity index is 1620. The summed E-state index contributed by atoms with van der Waals surface area (Å²) >= 11 is 0. The van der Waals surface area contributed by atoms with Crippen LogP contribution in [0.5, 0.6) is 11.6 Å². The summed E-state index contributed by atoms with van der Waals surface area (Å²) in [5, 5.41) is 20.4. The third kappa shape index (κ3) is 6.16. The molecule has 1 spiro atoms. The number of allylic oxidation sites excluding steroid dienone is 1. The number of ether oxygens (including phenoxy) is 2. The molecule has 43 heavy (non-hydrogen) atoms. The summed E-state index contributed by atoms with van der Waals surface area (Å²) in [4.78, 5) is 24.8. The summed E-state index contributed by atoms with van der Waals surface area (Å²) in [6, 6.07) is 15.5. The summed E-state index contributed by atoms with van der Waals surface area (Å²) in [7, 11) is 0. The maximum absolute atomic E-state index is 13.5. The van der Waals surface area contributed by atoms with E-state index < -0.39 is 5.91 Å². The van der Waals surface area contributed by atoms with Crippen molar-refractivity contribution >= 4 is 17.3 Å². The zero-order valence-corrected chi connectivity index (χ0v) is 25.0. The van der Waals surface area contributed by atoms with Gasteiger partial charge in [0.25, 0.3) is 5.91 Å². The fourth-order valence-corrected chi connectivity index (χ4v) is 5.89. The number of anilines is 1. The smallest absolute Gasteiger partial charge is 0.274 e. The number of aryl methyl sites for hydroxylation is 1. The van der Waals surface area contributed by atoms with Gasteiger partial charge in [-0.2, -0.15) is 5.26 Å². The summed E-state index contributed by atoms with van der Waals surface area (Å²) in [5.41, 5.74) is 11.5. The molecule has 3 aromatic rings. The van der Waals surface area contributed by atoms with Gasteiger partial charge in [0.15, 0.2) is 11.4 Å². The molecule has 1 aromatic carbocycles. The molecule has 2 aromatic heterocycles. The fraction of sp³-hybridized carbons (Fsp3) is 0.364. The minimum Gasteiger partial charge on any atom is -0.488 e. The van der Waals surface area contributed by atoms with Gasteiger partial charge in [-0.3, -0.25) is 4.79 Å². The predicted molar refractivity (Wildman–Crippen MR) is 165 cm³/mol. The molecule has 0 bridgehead atoms. The lowest BCUT2D eigenvalue weighted by Crippen LogP contribution is -2.65. The van der Waals surface area contributed by atoms with Crippen LogP contribution < -0.4 is 25.4 Å². The Balaban J connectivity index is 1.33. The van der Waals surface area contributed by atoms with E-state index >= 15 is 0 Å². The van der Waals surface area contributed by atoms with Crippen LogP contribution in [0, 0.1) is 29.1 Å². The highest BCUT2D eigenvalue weighted by Crippen LogP contribution is 2.51. The SMILES string of the molecule is CCOc1ncccc1-c1ccc(OC2CC3(C2)CN(c2ccc(C)cc2C#N)C3)c(C(=O)NC/C(C(C)=N)=C(\C)N)n1. The topological polar surface area (TPSA) is 150 Å². The number of nitrogens with zero attached hydrogens (tertiary/aromatic N) is 4. The molecule has 10 nitrogen and oxygen atoms in total. The van der Waals surface area contributed by atoms with Crippen LogP contribution in [0.3, 0.4) is 0 Å². The van der Waals surface area contributed by atoms with E-state index in [4.69, 9.17) is 25.6 Å². The first-order valence-corrected chi connectivity index (χ1v) is 14.4. The van der Waals surface area contributed by atoms with Gasteiger partial charge in [0.1, 0.15) is 12.2 Å². The van der Waals surface area contributed by atoms with Crippen LogP contribution in [0.2, 0.25) is 0 Å². The standard InChI is InChI=1S/C33H37N7O3/c1-5-42-32-25(7-6-12-37-32)27-9-11-29(30(39-27)31(41)38-17-26(21(3)35)22(4)36)43-24-14-33(15-24)18-40(19-33)28-10-8-20(2)13-23(28)16-34/h6-13,24,35H,5,14-15,17-19,36H2,1-4H3,(H,38,41)/b26-22-,35-21?. The van der Waals surface area contributed by atoms with Crippen LogP contribution in [0.25, 0.3) is 11.3 Å². The van der Waals surface area contributed by atoms with E-state index in [-0.39, 0.29) is 29.5 Å². The molecule has 4 N–H and O–H groups in total. The molecule has 3 heterocycles. The fourth-order valence-electron chi connectivity index (χ4n) is 5.89. The summed E-state index contributed by atoms with van der Waals surface area (Å²) in [6.45, 7) is 9.50. The molecule has 1 saturated carbocycles. The normalized spacial score (nSPS) is 15.9. The largest absolute Gasteiger partial charge is 0.488 e. The van der Waals surface area contributed by atoms with Crippen LogP contribution in [-0.4, -0.2) is 53.9 Å². The van der Waals surface area contributed by atoms with Gasteiger partial charge < -0.3 is 30.8 Å². The number of nitrogens with one attached hydrogen (secondary N) is 2. The lowest BCUT2D eigenvalue weighted by molar-refractivity contribution is -0.0344. The van der Waals surface area contributed by atoms with E-state index in [1.54, 1.807) is 32.2 Å². The van der Waals surface area contributed by atoms with Crippen LogP contribution in [-0.2, 0) is 0 Å². The van der Waals surface area contributed by atoms with Crippen molar-refractivity contribution in [3.05, 3.63) is 76.8 Å². The first kappa shape index (κ1) is 29.6. The number of amides is 1. The number of nitrogens with two attached hydrogens (primary N) is 1. The van der Waals surface area contributed by atoms with Crippen LogP contribution >= 0.6 is 0 Å². The van der Waals surface area contributed by atoms with Crippen molar-refractivity contribution < 1.29 is 14.3 Å². The Kier molecular flexibility index (Phi) is 8.35. The van der Waals surface area contributed by atoms with E-state index in [0.717, 1.165) is 37.2 Å². The number of benzene rings is 1. The first-order valence-electron chi connectivity index (χ1n) is 14.4. The number of pyridine rings is 2. The van der Waals surface area contributed by atoms with Crippen LogP contribution in [0.1, 0.15) is 55.2 Å². The molecule has 5 rings (SSSR count). The number of rotatable bonds is 10. The molecule has 10 heteroatoms. The van der Waals surface area contributed by atoms with Crippen LogP contribution in [0.15, 0.2) is 59.9 Å². The number of hydrogen-bond acceptors (Lipinski definition) is 9. The van der Waals surface area contributed by atoms with Crippen molar-refractivity contribution in [2.75, 3.05) is 31.1 Å². The van der Waals surface area contributed by atoms with Gasteiger partial charge in [-0.15, -0.1) is 0 Å². The molecule has 0 radical (unpaired) electrons. The first-order chi connectivity index (χ1) is 20.6. The second-order valence-corrected chi connectivity index (χ2v) is 11.4. The Hall–Kier alpha value is -4.91. The summed E-state index contributed by atoms with van der Waals surface area (Å²) < 4.78 is 12.1. The summed E-state index contributed by atoms with van der Waals surface area (Å²) in [5.74, 6) is 0.404. The molecule has 0 unspecified atom stereocenters. The van der Waals surface area contributed by atoms with E-state index in [9.17, 15) is 10.1 Å². The van der Waals surface area contributed by atoms with Gasteiger partial charge in [0, 0.05) is 48.2 Å². The average Bonchev–Trinajstić information content (AvgIpc) is 2.94. The summed E-state index contributed by atoms with van der Waals surface area (Å²) in [6.07, 6.45) is 3.29. The highest BCUT2D eigenvalue weighted by atomic mass is 16.5.